The van der Waals surface area contributed by atoms with Gasteiger partial charge in [-0.05, 0) is 67.7 Å². The van der Waals surface area contributed by atoms with Gasteiger partial charge in [0.1, 0.15) is 5.75 Å². The molecule has 0 spiro atoms. The van der Waals surface area contributed by atoms with E-state index in [2.05, 4.69) is 29.4 Å². The van der Waals surface area contributed by atoms with E-state index >= 15 is 0 Å². The Bertz CT molecular complexity index is 956. The lowest BCUT2D eigenvalue weighted by Gasteiger charge is -2.39. The van der Waals surface area contributed by atoms with Crippen LogP contribution in [-0.4, -0.2) is 52.7 Å². The maximum atomic E-state index is 12.6. The number of rotatable bonds is 7. The van der Waals surface area contributed by atoms with Gasteiger partial charge in [0, 0.05) is 24.4 Å². The molecule has 2 unspecified atom stereocenters. The molecule has 2 atom stereocenters. The largest absolute Gasteiger partial charge is 0.497 e. The van der Waals surface area contributed by atoms with E-state index < -0.39 is 9.84 Å². The molecule has 30 heavy (non-hydrogen) atoms. The van der Waals surface area contributed by atoms with Crippen molar-refractivity contribution in [3.63, 3.8) is 0 Å². The standard InChI is InChI=1S/C23H30N2O4S/c1-25-14-4-5-20(22(25)18-10-12-21(29-2)13-11-18)15-24-23(26)19-8-6-17(7-9-19)16-30(3,27)28/h6-13,20,22H,4-5,14-16H2,1-3H3,(H,24,26). The predicted octanol–water partition coefficient (Wildman–Crippen LogP) is 3.05. The van der Waals surface area contributed by atoms with Gasteiger partial charge < -0.3 is 10.1 Å². The fourth-order valence-corrected chi connectivity index (χ4v) is 4.98. The Hall–Kier alpha value is -2.38. The number of nitrogens with zero attached hydrogens (tertiary/aromatic N) is 1. The highest BCUT2D eigenvalue weighted by atomic mass is 32.2. The maximum absolute atomic E-state index is 12.6. The summed E-state index contributed by atoms with van der Waals surface area (Å²) in [6.45, 7) is 1.62. The topological polar surface area (TPSA) is 75.7 Å². The molecular weight excluding hydrogens is 400 g/mol. The molecule has 1 fully saturated rings. The first-order chi connectivity index (χ1) is 14.3. The first-order valence-electron chi connectivity index (χ1n) is 10.2. The van der Waals surface area contributed by atoms with Crippen molar-refractivity contribution >= 4 is 15.7 Å². The van der Waals surface area contributed by atoms with E-state index in [1.165, 1.54) is 11.8 Å². The fourth-order valence-electron chi connectivity index (χ4n) is 4.18. The molecule has 1 amide bonds. The van der Waals surface area contributed by atoms with Crippen LogP contribution in [0.2, 0.25) is 0 Å². The number of benzene rings is 2. The van der Waals surface area contributed by atoms with Gasteiger partial charge in [-0.1, -0.05) is 24.3 Å². The van der Waals surface area contributed by atoms with E-state index in [0.29, 0.717) is 23.6 Å². The number of hydrogen-bond donors (Lipinski definition) is 1. The van der Waals surface area contributed by atoms with Crippen LogP contribution in [-0.2, 0) is 15.6 Å². The smallest absolute Gasteiger partial charge is 0.251 e. The zero-order chi connectivity index (χ0) is 21.7. The SMILES string of the molecule is COc1ccc(C2C(CNC(=O)c3ccc(CS(C)(=O)=O)cc3)CCCN2C)cc1. The second-order valence-corrected chi connectivity index (χ2v) is 10.2. The number of methoxy groups -OCH3 is 1. The van der Waals surface area contributed by atoms with Gasteiger partial charge in [-0.3, -0.25) is 9.69 Å². The zero-order valence-electron chi connectivity index (χ0n) is 17.8. The van der Waals surface area contributed by atoms with E-state index in [1.807, 2.05) is 12.1 Å². The van der Waals surface area contributed by atoms with Gasteiger partial charge in [-0.25, -0.2) is 8.42 Å². The Labute approximate surface area is 179 Å². The summed E-state index contributed by atoms with van der Waals surface area (Å²) in [5.41, 5.74) is 2.45. The molecule has 6 nitrogen and oxygen atoms in total. The molecule has 0 aromatic heterocycles. The number of carbonyl (C=O) groups excluding carboxylic acids is 1. The molecule has 7 heteroatoms. The molecule has 2 aromatic rings. The van der Waals surface area contributed by atoms with Crippen LogP contribution in [0.1, 0.15) is 40.4 Å². The van der Waals surface area contributed by atoms with Gasteiger partial charge in [0.05, 0.1) is 12.9 Å². The second-order valence-electron chi connectivity index (χ2n) is 8.08. The molecular formula is C23H30N2O4S. The van der Waals surface area contributed by atoms with Gasteiger partial charge in [0.25, 0.3) is 5.91 Å². The number of hydrogen-bond acceptors (Lipinski definition) is 5. The van der Waals surface area contributed by atoms with E-state index in [-0.39, 0.29) is 17.7 Å². The Balaban J connectivity index is 1.65. The lowest BCUT2D eigenvalue weighted by molar-refractivity contribution is 0.0891. The van der Waals surface area contributed by atoms with E-state index in [4.69, 9.17) is 4.74 Å². The molecule has 1 heterocycles. The third kappa shape index (κ3) is 5.83. The molecule has 1 aliphatic rings. The van der Waals surface area contributed by atoms with Gasteiger partial charge in [-0.15, -0.1) is 0 Å². The van der Waals surface area contributed by atoms with Crippen molar-refractivity contribution in [2.24, 2.45) is 5.92 Å². The van der Waals surface area contributed by atoms with E-state index in [1.54, 1.807) is 31.4 Å². The quantitative estimate of drug-likeness (QED) is 0.731. The first kappa shape index (κ1) is 22.3. The summed E-state index contributed by atoms with van der Waals surface area (Å²) in [6.07, 6.45) is 3.35. The van der Waals surface area contributed by atoms with E-state index in [0.717, 1.165) is 25.1 Å². The van der Waals surface area contributed by atoms with Crippen LogP contribution in [0.5, 0.6) is 5.75 Å². The van der Waals surface area contributed by atoms with Crippen molar-refractivity contribution in [1.82, 2.24) is 10.2 Å². The first-order valence-corrected chi connectivity index (χ1v) is 12.2. The Morgan fingerprint density at radius 2 is 1.80 bits per heavy atom. The zero-order valence-corrected chi connectivity index (χ0v) is 18.6. The van der Waals surface area contributed by atoms with Crippen LogP contribution in [0.4, 0.5) is 0 Å². The average molecular weight is 431 g/mol. The maximum Gasteiger partial charge on any atom is 0.251 e. The monoisotopic (exact) mass is 430 g/mol. The summed E-state index contributed by atoms with van der Waals surface area (Å²) in [7, 11) is 0.699. The summed E-state index contributed by atoms with van der Waals surface area (Å²) in [5, 5.41) is 3.07. The van der Waals surface area contributed by atoms with Crippen LogP contribution in [0.15, 0.2) is 48.5 Å². The number of sulfone groups is 1. The minimum atomic E-state index is -3.09. The summed E-state index contributed by atoms with van der Waals surface area (Å²) in [6, 6.07) is 15.2. The van der Waals surface area contributed by atoms with Gasteiger partial charge >= 0.3 is 0 Å². The number of amides is 1. The van der Waals surface area contributed by atoms with Crippen molar-refractivity contribution in [2.75, 3.05) is 33.5 Å². The molecule has 1 aliphatic heterocycles. The summed E-state index contributed by atoms with van der Waals surface area (Å²) < 4.78 is 28.1. The number of likely N-dealkylation sites (tertiary alicyclic amines) is 1. The average Bonchev–Trinajstić information content (AvgIpc) is 2.71. The molecule has 0 radical (unpaired) electrons. The van der Waals surface area contributed by atoms with Gasteiger partial charge in [-0.2, -0.15) is 0 Å². The fraction of sp³-hybridized carbons (Fsp3) is 0.435. The van der Waals surface area contributed by atoms with Crippen LogP contribution < -0.4 is 10.1 Å². The number of ether oxygens (including phenoxy) is 1. The molecule has 1 N–H and O–H groups in total. The highest BCUT2D eigenvalue weighted by Crippen LogP contribution is 2.35. The Morgan fingerprint density at radius 1 is 1.13 bits per heavy atom. The van der Waals surface area contributed by atoms with E-state index in [9.17, 15) is 13.2 Å². The normalized spacial score (nSPS) is 20.0. The van der Waals surface area contributed by atoms with Gasteiger partial charge in [0.2, 0.25) is 0 Å². The predicted molar refractivity (Wildman–Crippen MR) is 118 cm³/mol. The minimum Gasteiger partial charge on any atom is -0.497 e. The molecule has 3 rings (SSSR count). The summed E-state index contributed by atoms with van der Waals surface area (Å²) in [4.78, 5) is 15.0. The lowest BCUT2D eigenvalue weighted by atomic mass is 9.85. The summed E-state index contributed by atoms with van der Waals surface area (Å²) >= 11 is 0. The molecule has 2 aromatic carbocycles. The highest BCUT2D eigenvalue weighted by molar-refractivity contribution is 7.89. The Morgan fingerprint density at radius 3 is 2.40 bits per heavy atom. The third-order valence-corrected chi connectivity index (χ3v) is 6.49. The van der Waals surface area contributed by atoms with Crippen molar-refractivity contribution in [1.29, 1.82) is 0 Å². The van der Waals surface area contributed by atoms with Crippen LogP contribution >= 0.6 is 0 Å². The van der Waals surface area contributed by atoms with Crippen molar-refractivity contribution in [3.8, 4) is 5.75 Å². The molecule has 0 aliphatic carbocycles. The van der Waals surface area contributed by atoms with Crippen LogP contribution in [0, 0.1) is 5.92 Å². The van der Waals surface area contributed by atoms with Crippen LogP contribution in [0.25, 0.3) is 0 Å². The number of piperidine rings is 1. The second kappa shape index (κ2) is 9.62. The lowest BCUT2D eigenvalue weighted by Crippen LogP contribution is -2.41. The van der Waals surface area contributed by atoms with Crippen molar-refractivity contribution in [3.05, 3.63) is 65.2 Å². The van der Waals surface area contributed by atoms with Crippen LogP contribution in [0.3, 0.4) is 0 Å². The molecule has 1 saturated heterocycles. The molecule has 162 valence electrons. The molecule has 0 bridgehead atoms. The number of carbonyl (C=O) groups is 1. The molecule has 0 saturated carbocycles. The van der Waals surface area contributed by atoms with Gasteiger partial charge in [0.15, 0.2) is 9.84 Å². The number of nitrogens with one attached hydrogen (secondary N) is 1. The Kier molecular flexibility index (Phi) is 7.15. The highest BCUT2D eigenvalue weighted by Gasteiger charge is 2.30. The van der Waals surface area contributed by atoms with Crippen molar-refractivity contribution < 1.29 is 17.9 Å². The van der Waals surface area contributed by atoms with Crippen molar-refractivity contribution in [2.45, 2.75) is 24.6 Å². The minimum absolute atomic E-state index is 0.0210. The third-order valence-electron chi connectivity index (χ3n) is 5.63. The summed E-state index contributed by atoms with van der Waals surface area (Å²) in [5.74, 6) is 0.988.